The van der Waals surface area contributed by atoms with Gasteiger partial charge in [0.2, 0.25) is 15.9 Å². The third-order valence-corrected chi connectivity index (χ3v) is 6.80. The fourth-order valence-electron chi connectivity index (χ4n) is 3.02. The van der Waals surface area contributed by atoms with Crippen LogP contribution in [0.3, 0.4) is 0 Å². The van der Waals surface area contributed by atoms with Crippen molar-refractivity contribution in [2.45, 2.75) is 24.3 Å². The van der Waals surface area contributed by atoms with Gasteiger partial charge in [-0.1, -0.05) is 65.7 Å². The summed E-state index contributed by atoms with van der Waals surface area (Å²) in [5.41, 5.74) is 1.56. The topological polar surface area (TPSA) is 92.3 Å². The SMILES string of the molecule is CC(=O)c1cccc(NC(=O)[C@H](Cc2ccccc2)NS(=O)(=O)c2cc(Cl)ccc2Cl)c1. The Morgan fingerprint density at radius 2 is 1.66 bits per heavy atom. The van der Waals surface area contributed by atoms with Gasteiger partial charge in [-0.05, 0) is 49.2 Å². The minimum absolute atomic E-state index is 0.0186. The summed E-state index contributed by atoms with van der Waals surface area (Å²) in [4.78, 5) is 24.5. The third kappa shape index (κ3) is 6.17. The Hall–Kier alpha value is -2.71. The molecule has 1 amide bonds. The highest BCUT2D eigenvalue weighted by Gasteiger charge is 2.28. The van der Waals surface area contributed by atoms with Crippen molar-refractivity contribution < 1.29 is 18.0 Å². The van der Waals surface area contributed by atoms with E-state index in [1.165, 1.54) is 31.2 Å². The molecule has 0 radical (unpaired) electrons. The van der Waals surface area contributed by atoms with Crippen LogP contribution in [0.5, 0.6) is 0 Å². The molecule has 3 aromatic rings. The summed E-state index contributed by atoms with van der Waals surface area (Å²) in [6.45, 7) is 1.42. The van der Waals surface area contributed by atoms with E-state index < -0.39 is 22.0 Å². The fourth-order valence-corrected chi connectivity index (χ4v) is 4.97. The van der Waals surface area contributed by atoms with Gasteiger partial charge in [0.05, 0.1) is 5.02 Å². The van der Waals surface area contributed by atoms with Crippen LogP contribution in [0.4, 0.5) is 5.69 Å². The molecule has 0 aliphatic rings. The summed E-state index contributed by atoms with van der Waals surface area (Å²) < 4.78 is 28.5. The van der Waals surface area contributed by atoms with Gasteiger partial charge in [-0.3, -0.25) is 9.59 Å². The van der Waals surface area contributed by atoms with Crippen LogP contribution >= 0.6 is 23.2 Å². The summed E-state index contributed by atoms with van der Waals surface area (Å²) >= 11 is 12.0. The van der Waals surface area contributed by atoms with Gasteiger partial charge in [0, 0.05) is 16.3 Å². The van der Waals surface area contributed by atoms with E-state index in [4.69, 9.17) is 23.2 Å². The largest absolute Gasteiger partial charge is 0.325 e. The Labute approximate surface area is 196 Å². The molecule has 0 bridgehead atoms. The maximum atomic E-state index is 13.1. The number of benzene rings is 3. The van der Waals surface area contributed by atoms with Crippen molar-refractivity contribution in [2.75, 3.05) is 5.32 Å². The number of rotatable bonds is 8. The number of Topliss-reactive ketones (excluding diaryl/α,β-unsaturated/α-hetero) is 1. The molecule has 3 rings (SSSR count). The summed E-state index contributed by atoms with van der Waals surface area (Å²) in [5, 5.41) is 2.86. The van der Waals surface area contributed by atoms with Gasteiger partial charge < -0.3 is 5.32 Å². The van der Waals surface area contributed by atoms with Crippen molar-refractivity contribution in [3.8, 4) is 0 Å². The van der Waals surface area contributed by atoms with Gasteiger partial charge in [0.25, 0.3) is 0 Å². The number of amides is 1. The van der Waals surface area contributed by atoms with E-state index in [1.807, 2.05) is 6.07 Å². The highest BCUT2D eigenvalue weighted by atomic mass is 35.5. The van der Waals surface area contributed by atoms with Crippen molar-refractivity contribution in [3.05, 3.63) is 94.0 Å². The van der Waals surface area contributed by atoms with Crippen LogP contribution in [-0.4, -0.2) is 26.2 Å². The lowest BCUT2D eigenvalue weighted by Gasteiger charge is -2.19. The first-order valence-corrected chi connectivity index (χ1v) is 11.8. The Bertz CT molecular complexity index is 1250. The summed E-state index contributed by atoms with van der Waals surface area (Å²) in [6.07, 6.45) is 0.0937. The molecule has 0 unspecified atom stereocenters. The lowest BCUT2D eigenvalue weighted by Crippen LogP contribution is -2.45. The van der Waals surface area contributed by atoms with E-state index in [0.29, 0.717) is 11.3 Å². The molecule has 0 saturated heterocycles. The smallest absolute Gasteiger partial charge is 0.242 e. The maximum absolute atomic E-state index is 13.1. The Kier molecular flexibility index (Phi) is 7.69. The molecule has 1 atom stereocenters. The number of sulfonamides is 1. The van der Waals surface area contributed by atoms with Gasteiger partial charge in [-0.25, -0.2) is 8.42 Å². The number of nitrogens with one attached hydrogen (secondary N) is 2. The van der Waals surface area contributed by atoms with Gasteiger partial charge in [-0.2, -0.15) is 4.72 Å². The van der Waals surface area contributed by atoms with Gasteiger partial charge in [0.1, 0.15) is 10.9 Å². The van der Waals surface area contributed by atoms with Crippen LogP contribution < -0.4 is 10.0 Å². The monoisotopic (exact) mass is 490 g/mol. The molecule has 0 heterocycles. The zero-order valence-electron chi connectivity index (χ0n) is 17.0. The Morgan fingerprint density at radius 1 is 0.938 bits per heavy atom. The van der Waals surface area contributed by atoms with Gasteiger partial charge >= 0.3 is 0 Å². The summed E-state index contributed by atoms with van der Waals surface area (Å²) in [6, 6.07) is 18.3. The quantitative estimate of drug-likeness (QED) is 0.446. The molecule has 9 heteroatoms. The fraction of sp³-hybridized carbons (Fsp3) is 0.130. The normalized spacial score (nSPS) is 12.2. The summed E-state index contributed by atoms with van der Waals surface area (Å²) in [5.74, 6) is -0.741. The number of ketones is 1. The molecule has 0 aromatic heterocycles. The second-order valence-corrected chi connectivity index (χ2v) is 9.59. The molecular formula is C23H20Cl2N2O4S. The highest BCUT2D eigenvalue weighted by molar-refractivity contribution is 7.89. The van der Waals surface area contributed by atoms with E-state index in [-0.39, 0.29) is 27.1 Å². The van der Waals surface area contributed by atoms with E-state index >= 15 is 0 Å². The molecule has 166 valence electrons. The van der Waals surface area contributed by atoms with E-state index in [0.717, 1.165) is 5.56 Å². The number of carbonyl (C=O) groups excluding carboxylic acids is 2. The van der Waals surface area contributed by atoms with Gasteiger partial charge in [-0.15, -0.1) is 0 Å². The number of anilines is 1. The Balaban J connectivity index is 1.91. The average Bonchev–Trinajstić information content (AvgIpc) is 2.75. The van der Waals surface area contributed by atoms with Crippen LogP contribution in [0.25, 0.3) is 0 Å². The van der Waals surface area contributed by atoms with Crippen LogP contribution in [0, 0.1) is 0 Å². The second-order valence-electron chi connectivity index (χ2n) is 7.06. The highest BCUT2D eigenvalue weighted by Crippen LogP contribution is 2.25. The zero-order chi connectivity index (χ0) is 23.3. The first kappa shape index (κ1) is 23.9. The molecule has 0 aliphatic carbocycles. The minimum Gasteiger partial charge on any atom is -0.325 e. The molecule has 0 spiro atoms. The lowest BCUT2D eigenvalue weighted by molar-refractivity contribution is -0.117. The first-order valence-electron chi connectivity index (χ1n) is 9.59. The predicted octanol–water partition coefficient (Wildman–Crippen LogP) is 4.72. The molecule has 0 saturated carbocycles. The first-order chi connectivity index (χ1) is 15.2. The second kappa shape index (κ2) is 10.3. The number of hydrogen-bond acceptors (Lipinski definition) is 4. The van der Waals surface area contributed by atoms with Crippen LogP contribution in [-0.2, 0) is 21.2 Å². The zero-order valence-corrected chi connectivity index (χ0v) is 19.3. The molecule has 2 N–H and O–H groups in total. The molecule has 0 aliphatic heterocycles. The van der Waals surface area contributed by atoms with Crippen molar-refractivity contribution >= 4 is 50.6 Å². The minimum atomic E-state index is -4.17. The number of hydrogen-bond donors (Lipinski definition) is 2. The van der Waals surface area contributed by atoms with Crippen LogP contribution in [0.15, 0.2) is 77.7 Å². The molecule has 32 heavy (non-hydrogen) atoms. The van der Waals surface area contributed by atoms with Crippen molar-refractivity contribution in [1.82, 2.24) is 4.72 Å². The van der Waals surface area contributed by atoms with Crippen molar-refractivity contribution in [1.29, 1.82) is 0 Å². The third-order valence-electron chi connectivity index (χ3n) is 4.62. The van der Waals surface area contributed by atoms with E-state index in [2.05, 4.69) is 10.0 Å². The molecular weight excluding hydrogens is 471 g/mol. The number of carbonyl (C=O) groups is 2. The summed E-state index contributed by atoms with van der Waals surface area (Å²) in [7, 11) is -4.17. The van der Waals surface area contributed by atoms with Crippen molar-refractivity contribution in [3.63, 3.8) is 0 Å². The molecule has 0 fully saturated rings. The molecule has 6 nitrogen and oxygen atoms in total. The Morgan fingerprint density at radius 3 is 2.34 bits per heavy atom. The number of halogens is 2. The predicted molar refractivity (Wildman–Crippen MR) is 126 cm³/mol. The molecule has 3 aromatic carbocycles. The maximum Gasteiger partial charge on any atom is 0.242 e. The van der Waals surface area contributed by atoms with Gasteiger partial charge in [0.15, 0.2) is 5.78 Å². The van der Waals surface area contributed by atoms with E-state index in [1.54, 1.807) is 42.5 Å². The van der Waals surface area contributed by atoms with Crippen molar-refractivity contribution in [2.24, 2.45) is 0 Å². The van der Waals surface area contributed by atoms with E-state index in [9.17, 15) is 18.0 Å². The lowest BCUT2D eigenvalue weighted by atomic mass is 10.1. The van der Waals surface area contributed by atoms with Crippen LogP contribution in [0.2, 0.25) is 10.0 Å². The van der Waals surface area contributed by atoms with Crippen LogP contribution in [0.1, 0.15) is 22.8 Å². The standard InChI is InChI=1S/C23H20Cl2N2O4S/c1-15(28)17-8-5-9-19(13-17)26-23(29)21(12-16-6-3-2-4-7-16)27-32(30,31)22-14-18(24)10-11-20(22)25/h2-11,13-14,21,27H,12H2,1H3,(H,26,29)/t21-/m0/s1. The average molecular weight is 491 g/mol.